The summed E-state index contributed by atoms with van der Waals surface area (Å²) in [6, 6.07) is 0.919. The molecule has 1 N–H and O–H groups in total. The standard InChI is InChI=1S/C8H5Cl2F3O3S/c9-6-1-4(8(11,12)13)2-7(14)5(6)3-17(10,15)16/h1-2,14H,3H2. The molecule has 0 heterocycles. The zero-order valence-corrected chi connectivity index (χ0v) is 10.3. The van der Waals surface area contributed by atoms with E-state index in [9.17, 15) is 26.7 Å². The fourth-order valence-corrected chi connectivity index (χ4v) is 2.44. The number of rotatable bonds is 2. The third-order valence-corrected chi connectivity index (χ3v) is 3.11. The van der Waals surface area contributed by atoms with E-state index in [2.05, 4.69) is 0 Å². The lowest BCUT2D eigenvalue weighted by Gasteiger charge is -2.11. The highest BCUT2D eigenvalue weighted by Crippen LogP contribution is 2.37. The summed E-state index contributed by atoms with van der Waals surface area (Å²) in [6.07, 6.45) is -4.68. The number of halogens is 5. The van der Waals surface area contributed by atoms with Crippen molar-refractivity contribution in [2.75, 3.05) is 0 Å². The van der Waals surface area contributed by atoms with Gasteiger partial charge in [0, 0.05) is 21.3 Å². The van der Waals surface area contributed by atoms with Crippen LogP contribution in [0.1, 0.15) is 11.1 Å². The highest BCUT2D eigenvalue weighted by Gasteiger charge is 2.32. The molecule has 3 nitrogen and oxygen atoms in total. The van der Waals surface area contributed by atoms with Gasteiger partial charge in [-0.05, 0) is 12.1 Å². The lowest BCUT2D eigenvalue weighted by atomic mass is 10.1. The molecule has 0 unspecified atom stereocenters. The summed E-state index contributed by atoms with van der Waals surface area (Å²) in [6.45, 7) is 0. The summed E-state index contributed by atoms with van der Waals surface area (Å²) in [7, 11) is 0.898. The first-order valence-electron chi connectivity index (χ1n) is 4.01. The van der Waals surface area contributed by atoms with E-state index < -0.39 is 37.3 Å². The predicted octanol–water partition coefficient (Wildman–Crippen LogP) is 3.13. The van der Waals surface area contributed by atoms with Crippen molar-refractivity contribution in [3.8, 4) is 5.75 Å². The second kappa shape index (κ2) is 4.55. The molecule has 1 aromatic carbocycles. The highest BCUT2D eigenvalue weighted by atomic mass is 35.7. The van der Waals surface area contributed by atoms with Crippen LogP contribution in [0.3, 0.4) is 0 Å². The van der Waals surface area contributed by atoms with Crippen molar-refractivity contribution >= 4 is 31.3 Å². The quantitative estimate of drug-likeness (QED) is 0.854. The van der Waals surface area contributed by atoms with E-state index in [1.165, 1.54) is 0 Å². The van der Waals surface area contributed by atoms with Gasteiger partial charge in [-0.2, -0.15) is 13.2 Å². The maximum Gasteiger partial charge on any atom is 0.416 e. The molecule has 0 fully saturated rings. The van der Waals surface area contributed by atoms with Crippen LogP contribution < -0.4 is 0 Å². The van der Waals surface area contributed by atoms with E-state index in [1.54, 1.807) is 0 Å². The topological polar surface area (TPSA) is 54.4 Å². The smallest absolute Gasteiger partial charge is 0.416 e. The molecule has 0 saturated heterocycles. The summed E-state index contributed by atoms with van der Waals surface area (Å²) >= 11 is 5.46. The first-order chi connectivity index (χ1) is 7.50. The minimum Gasteiger partial charge on any atom is -0.508 e. The van der Waals surface area contributed by atoms with Crippen molar-refractivity contribution in [1.82, 2.24) is 0 Å². The Bertz CT molecular complexity index is 516. The predicted molar refractivity (Wildman–Crippen MR) is 56.6 cm³/mol. The largest absolute Gasteiger partial charge is 0.508 e. The molecule has 0 aromatic heterocycles. The van der Waals surface area contributed by atoms with Crippen LogP contribution in [0.2, 0.25) is 5.02 Å². The van der Waals surface area contributed by atoms with Crippen LogP contribution in [-0.2, 0) is 21.0 Å². The van der Waals surface area contributed by atoms with Crippen LogP contribution in [0.25, 0.3) is 0 Å². The Morgan fingerprint density at radius 1 is 1.29 bits per heavy atom. The molecule has 0 saturated carbocycles. The van der Waals surface area contributed by atoms with Crippen LogP contribution in [-0.4, -0.2) is 13.5 Å². The minimum atomic E-state index is -4.68. The number of hydrogen-bond donors (Lipinski definition) is 1. The molecule has 0 bridgehead atoms. The zero-order valence-electron chi connectivity index (χ0n) is 7.92. The van der Waals surface area contributed by atoms with Crippen molar-refractivity contribution < 1.29 is 26.7 Å². The average molecular weight is 309 g/mol. The number of hydrogen-bond acceptors (Lipinski definition) is 3. The third kappa shape index (κ3) is 3.93. The maximum absolute atomic E-state index is 12.3. The number of benzene rings is 1. The summed E-state index contributed by atoms with van der Waals surface area (Å²) in [5, 5.41) is 8.78. The molecule has 0 aliphatic carbocycles. The Labute approximate surface area is 104 Å². The molecule has 17 heavy (non-hydrogen) atoms. The number of alkyl halides is 3. The lowest BCUT2D eigenvalue weighted by Crippen LogP contribution is -2.06. The Morgan fingerprint density at radius 3 is 2.18 bits per heavy atom. The van der Waals surface area contributed by atoms with Gasteiger partial charge in [-0.25, -0.2) is 8.42 Å². The van der Waals surface area contributed by atoms with E-state index in [0.29, 0.717) is 12.1 Å². The van der Waals surface area contributed by atoms with Crippen molar-refractivity contribution in [3.63, 3.8) is 0 Å². The fraction of sp³-hybridized carbons (Fsp3) is 0.250. The van der Waals surface area contributed by atoms with Gasteiger partial charge in [0.2, 0.25) is 9.05 Å². The van der Waals surface area contributed by atoms with E-state index in [0.717, 1.165) is 0 Å². The summed E-state index contributed by atoms with van der Waals surface area (Å²) in [4.78, 5) is 0. The summed E-state index contributed by atoms with van der Waals surface area (Å²) in [5.74, 6) is -1.72. The van der Waals surface area contributed by atoms with Crippen LogP contribution in [0.15, 0.2) is 12.1 Å². The van der Waals surface area contributed by atoms with Gasteiger partial charge in [-0.15, -0.1) is 0 Å². The lowest BCUT2D eigenvalue weighted by molar-refractivity contribution is -0.137. The monoisotopic (exact) mass is 308 g/mol. The van der Waals surface area contributed by atoms with E-state index in [4.69, 9.17) is 22.3 Å². The van der Waals surface area contributed by atoms with Gasteiger partial charge >= 0.3 is 6.18 Å². The van der Waals surface area contributed by atoms with Gasteiger partial charge in [-0.3, -0.25) is 0 Å². The second-order valence-corrected chi connectivity index (χ2v) is 6.32. The molecular formula is C8H5Cl2F3O3S. The van der Waals surface area contributed by atoms with Gasteiger partial charge in [0.1, 0.15) is 5.75 Å². The minimum absolute atomic E-state index is 0.366. The normalized spacial score (nSPS) is 12.8. The number of aromatic hydroxyl groups is 1. The van der Waals surface area contributed by atoms with Crippen LogP contribution >= 0.6 is 22.3 Å². The van der Waals surface area contributed by atoms with Crippen molar-refractivity contribution in [1.29, 1.82) is 0 Å². The first kappa shape index (κ1) is 14.4. The Morgan fingerprint density at radius 2 is 1.82 bits per heavy atom. The molecule has 0 spiro atoms. The zero-order chi connectivity index (χ0) is 13.4. The molecule has 0 amide bonds. The highest BCUT2D eigenvalue weighted by molar-refractivity contribution is 8.13. The first-order valence-corrected chi connectivity index (χ1v) is 6.87. The van der Waals surface area contributed by atoms with Gasteiger partial charge in [0.25, 0.3) is 0 Å². The van der Waals surface area contributed by atoms with Crippen LogP contribution in [0.5, 0.6) is 5.75 Å². The molecule has 0 aliphatic rings. The number of phenolic OH excluding ortho intramolecular Hbond substituents is 1. The molecule has 1 rings (SSSR count). The van der Waals surface area contributed by atoms with Crippen LogP contribution in [0.4, 0.5) is 13.2 Å². The van der Waals surface area contributed by atoms with Crippen molar-refractivity contribution in [3.05, 3.63) is 28.3 Å². The molecule has 0 aliphatic heterocycles. The van der Waals surface area contributed by atoms with Gasteiger partial charge in [0.05, 0.1) is 11.3 Å². The summed E-state index contributed by atoms with van der Waals surface area (Å²) < 4.78 is 58.4. The Balaban J connectivity index is 3.30. The van der Waals surface area contributed by atoms with Gasteiger partial charge in [-0.1, -0.05) is 11.6 Å². The Hall–Kier alpha value is -0.660. The third-order valence-electron chi connectivity index (χ3n) is 1.82. The van der Waals surface area contributed by atoms with E-state index >= 15 is 0 Å². The van der Waals surface area contributed by atoms with Gasteiger partial charge in [0.15, 0.2) is 0 Å². The SMILES string of the molecule is O=S(=O)(Cl)Cc1c(O)cc(C(F)(F)F)cc1Cl. The average Bonchev–Trinajstić information content (AvgIpc) is 2.07. The van der Waals surface area contributed by atoms with Crippen LogP contribution in [0, 0.1) is 0 Å². The molecule has 0 atom stereocenters. The van der Waals surface area contributed by atoms with Crippen molar-refractivity contribution in [2.45, 2.75) is 11.9 Å². The van der Waals surface area contributed by atoms with Crippen molar-refractivity contribution in [2.24, 2.45) is 0 Å². The molecular weight excluding hydrogens is 304 g/mol. The van der Waals surface area contributed by atoms with Gasteiger partial charge < -0.3 is 5.11 Å². The second-order valence-electron chi connectivity index (χ2n) is 3.14. The Kier molecular flexibility index (Phi) is 3.85. The molecule has 1 aromatic rings. The molecule has 0 radical (unpaired) electrons. The van der Waals surface area contributed by atoms with E-state index in [-0.39, 0.29) is 5.56 Å². The number of phenols is 1. The maximum atomic E-state index is 12.3. The molecule has 9 heteroatoms. The summed E-state index contributed by atoms with van der Waals surface area (Å²) in [5.41, 5.74) is -1.54. The fourth-order valence-electron chi connectivity index (χ4n) is 1.10. The van der Waals surface area contributed by atoms with E-state index in [1.807, 2.05) is 0 Å². The molecule has 96 valence electrons.